The van der Waals surface area contributed by atoms with Crippen molar-refractivity contribution in [2.45, 2.75) is 4.90 Å². The van der Waals surface area contributed by atoms with Crippen molar-refractivity contribution in [1.82, 2.24) is 2.38 Å². The topological polar surface area (TPSA) is 65.1 Å². The van der Waals surface area contributed by atoms with E-state index in [-0.39, 0.29) is 4.90 Å². The molecule has 1 rings (SSSR count). The Morgan fingerprint density at radius 1 is 1.67 bits per heavy atom. The van der Waals surface area contributed by atoms with E-state index < -0.39 is 33.4 Å². The molecule has 0 aliphatic heterocycles. The van der Waals surface area contributed by atoms with Crippen LogP contribution < -0.4 is 5.14 Å². The van der Waals surface area contributed by atoms with E-state index >= 15 is 0 Å². The molecular formula is C4H5N2O2PS2Tl+. The molecule has 1 heterocycles. The van der Waals surface area contributed by atoms with Crippen LogP contribution in [0.25, 0.3) is 0 Å². The molecule has 0 aliphatic rings. The number of rotatable bonds is 2. The van der Waals surface area contributed by atoms with Gasteiger partial charge in [0.15, 0.2) is 0 Å². The molecule has 0 atom stereocenters. The first-order valence-corrected chi connectivity index (χ1v) is 14.5. The van der Waals surface area contributed by atoms with Gasteiger partial charge in [-0.25, -0.2) is 0 Å². The third-order valence-electron chi connectivity index (χ3n) is 1.20. The molecule has 4 nitrogen and oxygen atoms in total. The zero-order chi connectivity index (χ0) is 9.19. The Hall–Kier alpha value is 0.762. The zero-order valence-electron chi connectivity index (χ0n) is 5.91. The average molecular weight is 413 g/mol. The second-order valence-corrected chi connectivity index (χ2v) is 17.1. The minimum absolute atomic E-state index is 0.178. The normalized spacial score (nSPS) is 10.8. The summed E-state index contributed by atoms with van der Waals surface area (Å²) in [5.41, 5.74) is 0. The SMILES string of the molecule is NS(=O)(=O)c1cc[n]([Tl]=[P+]=S)c1. The van der Waals surface area contributed by atoms with Gasteiger partial charge < -0.3 is 0 Å². The average Bonchev–Trinajstić information content (AvgIpc) is 2.35. The second kappa shape index (κ2) is 4.32. The molecule has 0 amide bonds. The van der Waals surface area contributed by atoms with Crippen LogP contribution in [0.3, 0.4) is 0 Å². The number of nitrogens with zero attached hydrogens (tertiary/aromatic N) is 1. The molecule has 0 fully saturated rings. The van der Waals surface area contributed by atoms with E-state index in [0.717, 1.165) is 4.00 Å². The van der Waals surface area contributed by atoms with E-state index in [0.29, 0.717) is 0 Å². The van der Waals surface area contributed by atoms with Gasteiger partial charge in [0, 0.05) is 0 Å². The Bertz CT molecular complexity index is 434. The Kier molecular flexibility index (Phi) is 3.90. The summed E-state index contributed by atoms with van der Waals surface area (Å²) in [5, 5.41) is 4.92. The van der Waals surface area contributed by atoms with Crippen molar-refractivity contribution in [3.05, 3.63) is 18.5 Å². The predicted octanol–water partition coefficient (Wildman–Crippen LogP) is -0.0741. The molecule has 0 saturated heterocycles. The first-order chi connectivity index (χ1) is 5.54. The summed E-state index contributed by atoms with van der Waals surface area (Å²) in [5.74, 6) is 0. The first kappa shape index (κ1) is 10.8. The number of nitrogens with two attached hydrogens (primary N) is 1. The van der Waals surface area contributed by atoms with Gasteiger partial charge in [-0.15, -0.1) is 0 Å². The third-order valence-corrected chi connectivity index (χ3v) is 10.4. The molecule has 0 saturated carbocycles. The summed E-state index contributed by atoms with van der Waals surface area (Å²) < 4.78 is 24.5. The van der Waals surface area contributed by atoms with Crippen molar-refractivity contribution in [1.29, 1.82) is 0 Å². The Morgan fingerprint density at radius 2 is 2.33 bits per heavy atom. The summed E-state index contributed by atoms with van der Waals surface area (Å²) in [6.45, 7) is 0. The molecule has 8 heteroatoms. The number of aromatic nitrogens is 1. The van der Waals surface area contributed by atoms with Gasteiger partial charge in [-0.2, -0.15) is 0 Å². The van der Waals surface area contributed by atoms with E-state index in [1.54, 1.807) is 12.4 Å². The first-order valence-electron chi connectivity index (χ1n) is 2.90. The quantitative estimate of drug-likeness (QED) is 0.546. The summed E-state index contributed by atoms with van der Waals surface area (Å²) in [4.78, 5) is 0.178. The van der Waals surface area contributed by atoms with Crippen molar-refractivity contribution >= 4 is 49.2 Å². The number of sulfonamides is 1. The predicted molar refractivity (Wildman–Crippen MR) is 51.2 cm³/mol. The maximum atomic E-state index is 10.8. The molecule has 0 unspecified atom stereocenters. The summed E-state index contributed by atoms with van der Waals surface area (Å²) in [6.07, 6.45) is 3.29. The van der Waals surface area contributed by atoms with Crippen LogP contribution in [0.15, 0.2) is 23.4 Å². The van der Waals surface area contributed by atoms with Crippen molar-refractivity contribution in [2.24, 2.45) is 5.14 Å². The summed E-state index contributed by atoms with van der Waals surface area (Å²) >= 11 is 3.67. The van der Waals surface area contributed by atoms with Gasteiger partial charge in [0.2, 0.25) is 0 Å². The van der Waals surface area contributed by atoms with E-state index in [2.05, 4.69) is 0 Å². The van der Waals surface area contributed by atoms with E-state index in [9.17, 15) is 8.42 Å². The molecule has 1 aromatic rings. The van der Waals surface area contributed by atoms with Gasteiger partial charge in [-0.3, -0.25) is 0 Å². The number of hydrogen-bond donors (Lipinski definition) is 1. The maximum absolute atomic E-state index is 10.8. The number of primary sulfonamides is 1. The van der Waals surface area contributed by atoms with Gasteiger partial charge in [0.05, 0.1) is 0 Å². The summed E-state index contributed by atoms with van der Waals surface area (Å²) in [7, 11) is -3.52. The van der Waals surface area contributed by atoms with Crippen LogP contribution >= 0.6 is 4.00 Å². The van der Waals surface area contributed by atoms with Gasteiger partial charge >= 0.3 is 88.5 Å². The molecule has 62 valence electrons. The van der Waals surface area contributed by atoms with E-state index in [4.69, 9.17) is 16.9 Å². The second-order valence-electron chi connectivity index (χ2n) is 2.06. The number of hydrogen-bond acceptors (Lipinski definition) is 3. The van der Waals surface area contributed by atoms with E-state index in [1.807, 2.05) is 2.38 Å². The van der Waals surface area contributed by atoms with Crippen LogP contribution in [0, 0.1) is 0 Å². The molecule has 1 aromatic heterocycles. The molecule has 0 bridgehead atoms. The Morgan fingerprint density at radius 3 is 2.75 bits per heavy atom. The van der Waals surface area contributed by atoms with Gasteiger partial charge in [-0.05, 0) is 0 Å². The molecule has 0 aromatic carbocycles. The molecule has 12 heavy (non-hydrogen) atoms. The third kappa shape index (κ3) is 2.91. The Labute approximate surface area is 87.9 Å². The van der Waals surface area contributed by atoms with Crippen molar-refractivity contribution in [3.63, 3.8) is 0 Å². The van der Waals surface area contributed by atoms with Crippen LogP contribution in [0.2, 0.25) is 0 Å². The fourth-order valence-electron chi connectivity index (χ4n) is 0.687. The van der Waals surface area contributed by atoms with Crippen LogP contribution in [0.5, 0.6) is 0 Å². The van der Waals surface area contributed by atoms with Crippen molar-refractivity contribution in [3.8, 4) is 0 Å². The molecule has 0 radical (unpaired) electrons. The fourth-order valence-corrected chi connectivity index (χ4v) is 8.65. The van der Waals surface area contributed by atoms with Gasteiger partial charge in [0.1, 0.15) is 0 Å². The van der Waals surface area contributed by atoms with Crippen molar-refractivity contribution in [2.75, 3.05) is 0 Å². The monoisotopic (exact) mass is 413 g/mol. The molecular weight excluding hydrogens is 408 g/mol. The molecule has 2 N–H and O–H groups in total. The van der Waals surface area contributed by atoms with Crippen LogP contribution in [-0.2, 0) is 21.8 Å². The standard InChI is InChI=1S/C4H5N2O2S.PS.Tl/c5-9(7,8)4-1-2-6-3-4;1-2;/h1-3H,(H2,5,7,8);;/q2*-1;+3. The van der Waals surface area contributed by atoms with Gasteiger partial charge in [0.25, 0.3) is 0 Å². The van der Waals surface area contributed by atoms with Crippen molar-refractivity contribution < 1.29 is 8.42 Å². The fraction of sp³-hybridized carbons (Fsp3) is 0. The summed E-state index contributed by atoms with van der Waals surface area (Å²) in [6, 6.07) is 1.51. The minimum atomic E-state index is -3.52. The zero-order valence-corrected chi connectivity index (χ0v) is 12.9. The van der Waals surface area contributed by atoms with Crippen LogP contribution in [0.4, 0.5) is 0 Å². The van der Waals surface area contributed by atoms with Crippen LogP contribution in [0.1, 0.15) is 0 Å². The van der Waals surface area contributed by atoms with Gasteiger partial charge in [-0.1, -0.05) is 0 Å². The molecule has 0 spiro atoms. The van der Waals surface area contributed by atoms with E-state index in [1.165, 1.54) is 6.07 Å². The molecule has 0 aliphatic carbocycles. The van der Waals surface area contributed by atoms with Crippen LogP contribution in [-0.4, -0.2) is 34.2 Å². The Balaban J connectivity index is 3.16.